The molecule has 0 radical (unpaired) electrons. The minimum atomic E-state index is -2.13. The predicted octanol–water partition coefficient (Wildman–Crippen LogP) is 6.80. The summed E-state index contributed by atoms with van der Waals surface area (Å²) < 4.78 is 26.4. The van der Waals surface area contributed by atoms with E-state index < -0.39 is 28.5 Å². The van der Waals surface area contributed by atoms with Crippen LogP contribution < -0.4 is 0 Å². The maximum atomic E-state index is 10.3. The Bertz CT molecular complexity index is 673. The summed E-state index contributed by atoms with van der Waals surface area (Å²) in [6.45, 7) is 32.1. The summed E-state index contributed by atoms with van der Waals surface area (Å²) in [6, 6.07) is 0. The van der Waals surface area contributed by atoms with Gasteiger partial charge in [-0.2, -0.15) is 0 Å². The SMILES string of the molecule is C=CC[C@H](O)/C=C\[C@H](O[Si](C)(C)C(C)(C)C)[C@@H]1OC(C)(C)O[C@H]1[C@H](C)O[Si](C)(C)C(C)(C)C. The van der Waals surface area contributed by atoms with E-state index in [4.69, 9.17) is 18.3 Å². The number of rotatable bonds is 10. The summed E-state index contributed by atoms with van der Waals surface area (Å²) in [5, 5.41) is 10.5. The lowest BCUT2D eigenvalue weighted by molar-refractivity contribution is -0.157. The lowest BCUT2D eigenvalue weighted by Gasteiger charge is -2.42. The number of hydrogen-bond donors (Lipinski definition) is 1. The minimum absolute atomic E-state index is 0.0343. The van der Waals surface area contributed by atoms with E-state index in [1.807, 2.05) is 19.9 Å². The molecule has 0 amide bonds. The summed E-state index contributed by atoms with van der Waals surface area (Å²) in [7, 11) is -4.14. The van der Waals surface area contributed by atoms with Crippen LogP contribution in [0.3, 0.4) is 0 Å². The van der Waals surface area contributed by atoms with Crippen LogP contribution in [0, 0.1) is 0 Å². The van der Waals surface area contributed by atoms with E-state index in [0.29, 0.717) is 6.42 Å². The third-order valence-electron chi connectivity index (χ3n) is 7.40. The summed E-state index contributed by atoms with van der Waals surface area (Å²) >= 11 is 0. The van der Waals surface area contributed by atoms with Crippen LogP contribution in [0.4, 0.5) is 0 Å². The summed E-state index contributed by atoms with van der Waals surface area (Å²) in [4.78, 5) is 0. The van der Waals surface area contributed by atoms with Gasteiger partial charge in [-0.3, -0.25) is 0 Å². The van der Waals surface area contributed by atoms with Gasteiger partial charge < -0.3 is 23.4 Å². The van der Waals surface area contributed by atoms with Crippen molar-refractivity contribution in [2.45, 2.75) is 141 Å². The molecule has 1 fully saturated rings. The molecule has 0 aromatic rings. The molecule has 1 aliphatic rings. The van der Waals surface area contributed by atoms with Gasteiger partial charge in [-0.05, 0) is 63.5 Å². The van der Waals surface area contributed by atoms with Crippen LogP contribution in [-0.2, 0) is 18.3 Å². The summed E-state index contributed by atoms with van der Waals surface area (Å²) in [5.74, 6) is -0.747. The first-order chi connectivity index (χ1) is 14.6. The van der Waals surface area contributed by atoms with Crippen LogP contribution >= 0.6 is 0 Å². The maximum Gasteiger partial charge on any atom is 0.193 e. The lowest BCUT2D eigenvalue weighted by atomic mass is 10.0. The highest BCUT2D eigenvalue weighted by molar-refractivity contribution is 6.74. The zero-order chi connectivity index (χ0) is 26.0. The highest BCUT2D eigenvalue weighted by atomic mass is 28.4. The standard InChI is InChI=1S/C26H52O5Si2/c1-15-16-20(27)17-18-21(31-33(13,14)25(6,7)8)23-22(28-26(9,10)29-23)19(2)30-32(11,12)24(3,4)5/h15,17-23,27H,1,16H2,2-14H3/b18-17-/t19-,20-,21-,22-,23-/m0/s1. The van der Waals surface area contributed by atoms with Gasteiger partial charge in [-0.25, -0.2) is 0 Å². The van der Waals surface area contributed by atoms with E-state index in [1.54, 1.807) is 12.2 Å². The van der Waals surface area contributed by atoms with Gasteiger partial charge in [0.1, 0.15) is 12.2 Å². The smallest absolute Gasteiger partial charge is 0.193 e. The molecule has 0 spiro atoms. The van der Waals surface area contributed by atoms with Crippen LogP contribution in [0.1, 0.15) is 68.7 Å². The van der Waals surface area contributed by atoms with Crippen LogP contribution in [-0.4, -0.2) is 58.0 Å². The molecule has 33 heavy (non-hydrogen) atoms. The van der Waals surface area contributed by atoms with Gasteiger partial charge in [0.15, 0.2) is 22.4 Å². The molecule has 1 N–H and O–H groups in total. The highest BCUT2D eigenvalue weighted by Crippen LogP contribution is 2.42. The van der Waals surface area contributed by atoms with Gasteiger partial charge in [0.05, 0.1) is 18.3 Å². The maximum absolute atomic E-state index is 10.3. The average Bonchev–Trinajstić information content (AvgIpc) is 2.92. The van der Waals surface area contributed by atoms with Crippen LogP contribution in [0.2, 0.25) is 36.3 Å². The Labute approximate surface area is 206 Å². The number of aliphatic hydroxyl groups is 1. The zero-order valence-corrected chi connectivity index (χ0v) is 25.6. The third kappa shape index (κ3) is 8.41. The van der Waals surface area contributed by atoms with Crippen LogP contribution in [0.25, 0.3) is 0 Å². The summed E-state index contributed by atoms with van der Waals surface area (Å²) in [5.41, 5.74) is 0. The first kappa shape index (κ1) is 30.7. The molecular formula is C26H52O5Si2. The summed E-state index contributed by atoms with van der Waals surface area (Å²) in [6.07, 6.45) is 4.20. The van der Waals surface area contributed by atoms with Crippen molar-refractivity contribution < 1.29 is 23.4 Å². The molecule has 0 aromatic carbocycles. The fourth-order valence-corrected chi connectivity index (χ4v) is 6.03. The molecule has 0 unspecified atom stereocenters. The van der Waals surface area contributed by atoms with E-state index in [1.165, 1.54) is 0 Å². The minimum Gasteiger partial charge on any atom is -0.411 e. The van der Waals surface area contributed by atoms with Crippen molar-refractivity contribution in [3.05, 3.63) is 24.8 Å². The molecule has 194 valence electrons. The van der Waals surface area contributed by atoms with Crippen molar-refractivity contribution in [2.24, 2.45) is 0 Å². The Hall–Kier alpha value is -0.286. The van der Waals surface area contributed by atoms with Gasteiger partial charge in [-0.1, -0.05) is 59.8 Å². The molecule has 0 aliphatic carbocycles. The number of hydrogen-bond acceptors (Lipinski definition) is 5. The van der Waals surface area contributed by atoms with E-state index in [2.05, 4.69) is 81.2 Å². The molecule has 1 heterocycles. The number of aliphatic hydroxyl groups excluding tert-OH is 1. The van der Waals surface area contributed by atoms with E-state index in [-0.39, 0.29) is 34.5 Å². The van der Waals surface area contributed by atoms with Crippen molar-refractivity contribution in [1.29, 1.82) is 0 Å². The van der Waals surface area contributed by atoms with Gasteiger partial charge in [0.2, 0.25) is 0 Å². The lowest BCUT2D eigenvalue weighted by Crippen LogP contribution is -2.52. The molecule has 0 aromatic heterocycles. The van der Waals surface area contributed by atoms with Gasteiger partial charge in [-0.15, -0.1) is 6.58 Å². The molecular weight excluding hydrogens is 448 g/mol. The largest absolute Gasteiger partial charge is 0.411 e. The topological polar surface area (TPSA) is 57.2 Å². The second-order valence-electron chi connectivity index (χ2n) is 13.0. The molecule has 1 rings (SSSR count). The second kappa shape index (κ2) is 10.8. The Kier molecular flexibility index (Phi) is 10.0. The number of ether oxygens (including phenoxy) is 2. The van der Waals surface area contributed by atoms with Crippen LogP contribution in [0.5, 0.6) is 0 Å². The predicted molar refractivity (Wildman–Crippen MR) is 144 cm³/mol. The molecule has 0 bridgehead atoms. The van der Waals surface area contributed by atoms with Crippen molar-refractivity contribution >= 4 is 16.6 Å². The Balaban J connectivity index is 3.34. The highest BCUT2D eigenvalue weighted by Gasteiger charge is 2.51. The van der Waals surface area contributed by atoms with Gasteiger partial charge in [0, 0.05) is 0 Å². The second-order valence-corrected chi connectivity index (χ2v) is 22.5. The van der Waals surface area contributed by atoms with Crippen molar-refractivity contribution in [3.63, 3.8) is 0 Å². The van der Waals surface area contributed by atoms with E-state index in [9.17, 15) is 5.11 Å². The fraction of sp³-hybridized carbons (Fsp3) is 0.846. The normalized spacial score (nSPS) is 25.3. The van der Waals surface area contributed by atoms with Gasteiger partial charge >= 0.3 is 0 Å². The van der Waals surface area contributed by atoms with Crippen LogP contribution in [0.15, 0.2) is 24.8 Å². The third-order valence-corrected chi connectivity index (χ3v) is 16.5. The molecule has 1 saturated heterocycles. The van der Waals surface area contributed by atoms with Crippen molar-refractivity contribution in [3.8, 4) is 0 Å². The fourth-order valence-electron chi connectivity index (χ4n) is 3.36. The van der Waals surface area contributed by atoms with Crippen molar-refractivity contribution in [1.82, 2.24) is 0 Å². The molecule has 5 atom stereocenters. The molecule has 0 saturated carbocycles. The molecule has 5 nitrogen and oxygen atoms in total. The first-order valence-corrected chi connectivity index (χ1v) is 18.1. The monoisotopic (exact) mass is 500 g/mol. The zero-order valence-electron chi connectivity index (χ0n) is 23.6. The Morgan fingerprint density at radius 1 is 0.909 bits per heavy atom. The van der Waals surface area contributed by atoms with E-state index >= 15 is 0 Å². The molecule has 1 aliphatic heterocycles. The van der Waals surface area contributed by atoms with Crippen molar-refractivity contribution in [2.75, 3.05) is 0 Å². The Morgan fingerprint density at radius 3 is 1.82 bits per heavy atom. The quantitative estimate of drug-likeness (QED) is 0.264. The molecule has 7 heteroatoms. The first-order valence-electron chi connectivity index (χ1n) is 12.3. The average molecular weight is 501 g/mol. The van der Waals surface area contributed by atoms with E-state index in [0.717, 1.165) is 0 Å². The van der Waals surface area contributed by atoms with Gasteiger partial charge in [0.25, 0.3) is 0 Å². The Morgan fingerprint density at radius 2 is 1.36 bits per heavy atom.